The van der Waals surface area contributed by atoms with Crippen LogP contribution in [-0.2, 0) is 27.6 Å². The summed E-state index contributed by atoms with van der Waals surface area (Å²) in [7, 11) is 7.94. The molecule has 0 saturated heterocycles. The molecule has 0 amide bonds. The summed E-state index contributed by atoms with van der Waals surface area (Å²) in [6.45, 7) is 2.09. The summed E-state index contributed by atoms with van der Waals surface area (Å²) in [4.78, 5) is 0. The van der Waals surface area contributed by atoms with Gasteiger partial charge < -0.3 is 9.47 Å². The van der Waals surface area contributed by atoms with Crippen molar-refractivity contribution in [1.82, 2.24) is 0 Å². The van der Waals surface area contributed by atoms with Gasteiger partial charge in [0.15, 0.2) is 0 Å². The molecule has 0 aliphatic carbocycles. The highest BCUT2D eigenvalue weighted by atomic mass is 33.1. The van der Waals surface area contributed by atoms with E-state index in [9.17, 15) is 4.57 Å². The monoisotopic (exact) mass is 412 g/mol. The molecule has 0 saturated carbocycles. The smallest absolute Gasteiger partial charge is 0.384 e. The minimum absolute atomic E-state index is 0.325. The number of phosphoric acid groups is 1. The lowest BCUT2D eigenvalue weighted by Gasteiger charge is -2.15. The highest BCUT2D eigenvalue weighted by Crippen LogP contribution is 2.48. The quantitative estimate of drug-likeness (QED) is 0.200. The first kappa shape index (κ1) is 23.4. The molecule has 0 fully saturated rings. The molecule has 11 heteroatoms. The maximum atomic E-state index is 12.1. The SMILES string of the molecule is COCCSSCCOP(=O)(OC)OCCSSCCOC. The van der Waals surface area contributed by atoms with Crippen molar-refractivity contribution in [3.05, 3.63) is 0 Å². The Morgan fingerprint density at radius 3 is 1.36 bits per heavy atom. The third-order valence-electron chi connectivity index (χ3n) is 1.96. The van der Waals surface area contributed by atoms with Crippen molar-refractivity contribution in [2.45, 2.75) is 0 Å². The lowest BCUT2D eigenvalue weighted by atomic mass is 10.9. The molecule has 22 heavy (non-hydrogen) atoms. The first-order chi connectivity index (χ1) is 10.7. The van der Waals surface area contributed by atoms with E-state index in [-0.39, 0.29) is 0 Å². The number of hydrogen-bond donors (Lipinski definition) is 0. The lowest BCUT2D eigenvalue weighted by molar-refractivity contribution is 0.143. The molecule has 0 unspecified atom stereocenters. The van der Waals surface area contributed by atoms with E-state index in [4.69, 9.17) is 23.0 Å². The average Bonchev–Trinajstić information content (AvgIpc) is 2.53. The first-order valence-electron chi connectivity index (χ1n) is 6.60. The molecule has 0 radical (unpaired) electrons. The van der Waals surface area contributed by atoms with Crippen molar-refractivity contribution >= 4 is 51.0 Å². The van der Waals surface area contributed by atoms with Crippen LogP contribution in [0.4, 0.5) is 0 Å². The van der Waals surface area contributed by atoms with Crippen LogP contribution < -0.4 is 0 Å². The van der Waals surface area contributed by atoms with Gasteiger partial charge in [-0.05, 0) is 0 Å². The first-order valence-corrected chi connectivity index (χ1v) is 13.0. The predicted octanol–water partition coefficient (Wildman–Crippen LogP) is 3.83. The van der Waals surface area contributed by atoms with Crippen LogP contribution in [0.25, 0.3) is 0 Å². The minimum atomic E-state index is -3.42. The standard InChI is InChI=1S/C11H25O6PS4/c1-13-4-8-19-21-10-6-16-18(12,15-3)17-7-11-22-20-9-5-14-2/h4-11H2,1-3H3. The van der Waals surface area contributed by atoms with E-state index in [1.807, 2.05) is 0 Å². The Balaban J connectivity index is 3.57. The molecule has 0 aromatic rings. The van der Waals surface area contributed by atoms with Crippen molar-refractivity contribution in [3.63, 3.8) is 0 Å². The summed E-state index contributed by atoms with van der Waals surface area (Å²) < 4.78 is 37.4. The maximum absolute atomic E-state index is 12.1. The third kappa shape index (κ3) is 15.0. The van der Waals surface area contributed by atoms with Crippen LogP contribution in [0.15, 0.2) is 0 Å². The Bertz CT molecular complexity index is 265. The molecule has 0 aromatic heterocycles. The molecular weight excluding hydrogens is 387 g/mol. The number of rotatable bonds is 17. The van der Waals surface area contributed by atoms with Crippen molar-refractivity contribution in [2.75, 3.05) is 70.8 Å². The number of hydrogen-bond acceptors (Lipinski definition) is 10. The maximum Gasteiger partial charge on any atom is 0.474 e. The molecule has 6 nitrogen and oxygen atoms in total. The Kier molecular flexibility index (Phi) is 18.4. The number of methoxy groups -OCH3 is 2. The zero-order valence-corrected chi connectivity index (χ0v) is 17.3. The van der Waals surface area contributed by atoms with Gasteiger partial charge in [0.25, 0.3) is 0 Å². The molecule has 0 atom stereocenters. The van der Waals surface area contributed by atoms with E-state index in [2.05, 4.69) is 0 Å². The third-order valence-corrected chi connectivity index (χ3v) is 8.08. The molecular formula is C11H25O6PS4. The Hall–Kier alpha value is 1.43. The molecule has 0 spiro atoms. The summed E-state index contributed by atoms with van der Waals surface area (Å²) in [5, 5.41) is 0. The van der Waals surface area contributed by atoms with E-state index in [0.29, 0.717) is 24.7 Å². The fourth-order valence-corrected chi connectivity index (χ4v) is 5.62. The van der Waals surface area contributed by atoms with E-state index in [1.165, 1.54) is 7.11 Å². The van der Waals surface area contributed by atoms with Gasteiger partial charge in [-0.25, -0.2) is 4.57 Å². The highest BCUT2D eigenvalue weighted by Gasteiger charge is 2.24. The van der Waals surface area contributed by atoms with Gasteiger partial charge in [-0.3, -0.25) is 13.6 Å². The Morgan fingerprint density at radius 2 is 1.05 bits per heavy atom. The zero-order valence-electron chi connectivity index (χ0n) is 13.2. The van der Waals surface area contributed by atoms with Crippen molar-refractivity contribution in [1.29, 1.82) is 0 Å². The Labute approximate surface area is 149 Å². The van der Waals surface area contributed by atoms with Crippen LogP contribution in [0.2, 0.25) is 0 Å². The number of phosphoric ester groups is 1. The topological polar surface area (TPSA) is 63.2 Å². The van der Waals surface area contributed by atoms with Crippen LogP contribution >= 0.6 is 51.0 Å². The fourth-order valence-electron chi connectivity index (χ4n) is 0.979. The molecule has 134 valence electrons. The van der Waals surface area contributed by atoms with E-state index in [0.717, 1.165) is 24.7 Å². The van der Waals surface area contributed by atoms with Crippen LogP contribution in [0.5, 0.6) is 0 Å². The van der Waals surface area contributed by atoms with Crippen molar-refractivity contribution < 1.29 is 27.6 Å². The normalized spacial score (nSPS) is 12.0. The molecule has 0 aromatic carbocycles. The molecule has 0 rings (SSSR count). The fraction of sp³-hybridized carbons (Fsp3) is 1.00. The minimum Gasteiger partial charge on any atom is -0.384 e. The summed E-state index contributed by atoms with van der Waals surface area (Å²) in [5.74, 6) is 3.26. The van der Waals surface area contributed by atoms with Gasteiger partial charge >= 0.3 is 7.82 Å². The highest BCUT2D eigenvalue weighted by molar-refractivity contribution is 8.77. The van der Waals surface area contributed by atoms with Gasteiger partial charge in [-0.15, -0.1) is 0 Å². The van der Waals surface area contributed by atoms with Gasteiger partial charge in [-0.2, -0.15) is 0 Å². The van der Waals surface area contributed by atoms with Crippen molar-refractivity contribution in [2.24, 2.45) is 0 Å². The van der Waals surface area contributed by atoms with Gasteiger partial charge in [0.05, 0.1) is 26.4 Å². The number of ether oxygens (including phenoxy) is 2. The second-order valence-corrected chi connectivity index (χ2v) is 10.7. The molecule has 0 aliphatic heterocycles. The van der Waals surface area contributed by atoms with E-state index in [1.54, 1.807) is 57.4 Å². The lowest BCUT2D eigenvalue weighted by Crippen LogP contribution is -2.03. The van der Waals surface area contributed by atoms with E-state index < -0.39 is 7.82 Å². The van der Waals surface area contributed by atoms with Crippen molar-refractivity contribution in [3.8, 4) is 0 Å². The molecule has 0 heterocycles. The second-order valence-electron chi connectivity index (χ2n) is 3.57. The van der Waals surface area contributed by atoms with Gasteiger partial charge in [0.1, 0.15) is 0 Å². The molecule has 0 aliphatic rings. The average molecular weight is 413 g/mol. The Morgan fingerprint density at radius 1 is 0.682 bits per heavy atom. The van der Waals surface area contributed by atoms with Crippen LogP contribution in [0, 0.1) is 0 Å². The van der Waals surface area contributed by atoms with E-state index >= 15 is 0 Å². The predicted molar refractivity (Wildman–Crippen MR) is 100 cm³/mol. The zero-order chi connectivity index (χ0) is 16.5. The largest absolute Gasteiger partial charge is 0.474 e. The van der Waals surface area contributed by atoms with Crippen LogP contribution in [-0.4, -0.2) is 70.8 Å². The van der Waals surface area contributed by atoms with Gasteiger partial charge in [0, 0.05) is 44.3 Å². The van der Waals surface area contributed by atoms with Gasteiger partial charge in [-0.1, -0.05) is 43.2 Å². The van der Waals surface area contributed by atoms with Crippen LogP contribution in [0.1, 0.15) is 0 Å². The summed E-state index contributed by atoms with van der Waals surface area (Å²) >= 11 is 0. The summed E-state index contributed by atoms with van der Waals surface area (Å²) in [6, 6.07) is 0. The second kappa shape index (κ2) is 17.3. The summed E-state index contributed by atoms with van der Waals surface area (Å²) in [5.41, 5.74) is 0. The summed E-state index contributed by atoms with van der Waals surface area (Å²) in [6.07, 6.45) is 0. The molecule has 0 bridgehead atoms. The van der Waals surface area contributed by atoms with Gasteiger partial charge in [0.2, 0.25) is 0 Å². The molecule has 0 N–H and O–H groups in total. The van der Waals surface area contributed by atoms with Crippen LogP contribution in [0.3, 0.4) is 0 Å².